The van der Waals surface area contributed by atoms with Gasteiger partial charge in [-0.2, -0.15) is 10.1 Å². The van der Waals surface area contributed by atoms with Crippen LogP contribution in [0.2, 0.25) is 0 Å². The molecule has 1 aromatic heterocycles. The van der Waals surface area contributed by atoms with Crippen LogP contribution in [0.4, 0.5) is 11.5 Å². The second kappa shape index (κ2) is 4.78. The first-order valence-electron chi connectivity index (χ1n) is 5.91. The summed E-state index contributed by atoms with van der Waals surface area (Å²) < 4.78 is 0.369. The Bertz CT molecular complexity index is 795. The quantitative estimate of drug-likeness (QED) is 0.695. The van der Waals surface area contributed by atoms with Crippen LogP contribution >= 0.6 is 12.2 Å². The van der Waals surface area contributed by atoms with Gasteiger partial charge in [-0.05, 0) is 42.0 Å². The molecule has 2 N–H and O–H groups in total. The molecule has 0 spiro atoms. The molecule has 4 nitrogen and oxygen atoms in total. The van der Waals surface area contributed by atoms with E-state index in [-0.39, 0.29) is 0 Å². The van der Waals surface area contributed by atoms with Crippen molar-refractivity contribution in [3.63, 3.8) is 0 Å². The van der Waals surface area contributed by atoms with E-state index in [2.05, 4.69) is 44.8 Å². The van der Waals surface area contributed by atoms with Crippen molar-refractivity contribution in [1.82, 2.24) is 15.2 Å². The normalized spacial score (nSPS) is 10.6. The van der Waals surface area contributed by atoms with E-state index in [9.17, 15) is 0 Å². The largest absolute Gasteiger partial charge is 0.339 e. The van der Waals surface area contributed by atoms with E-state index in [1.54, 1.807) is 0 Å². The van der Waals surface area contributed by atoms with Crippen molar-refractivity contribution in [2.24, 2.45) is 0 Å². The molecular formula is C14H12N4S. The third-order valence-corrected chi connectivity index (χ3v) is 3.07. The molecule has 0 saturated carbocycles. The standard InChI is InChI=1S/C14H12N4S/c1-9-13(16-14(19)18-17-9)15-12-7-6-10-4-2-3-5-11(10)8-12/h2-8H,1H3,(H2,15,16,18,19). The summed E-state index contributed by atoms with van der Waals surface area (Å²) >= 11 is 4.98. The number of nitrogens with one attached hydrogen (secondary N) is 2. The molecule has 2 aromatic carbocycles. The van der Waals surface area contributed by atoms with Crippen LogP contribution in [0.3, 0.4) is 0 Å². The van der Waals surface area contributed by atoms with Crippen molar-refractivity contribution >= 4 is 34.5 Å². The number of H-pyrrole nitrogens is 1. The van der Waals surface area contributed by atoms with Crippen molar-refractivity contribution in [2.75, 3.05) is 5.32 Å². The van der Waals surface area contributed by atoms with Crippen LogP contribution in [0.5, 0.6) is 0 Å². The molecule has 0 bridgehead atoms. The number of aromatic nitrogens is 3. The summed E-state index contributed by atoms with van der Waals surface area (Å²) in [6.07, 6.45) is 0. The van der Waals surface area contributed by atoms with Crippen molar-refractivity contribution in [2.45, 2.75) is 6.92 Å². The molecule has 1 heterocycles. The predicted molar refractivity (Wildman–Crippen MR) is 79.2 cm³/mol. The molecule has 0 radical (unpaired) electrons. The Balaban J connectivity index is 2.01. The molecule has 0 saturated heterocycles. The van der Waals surface area contributed by atoms with Crippen molar-refractivity contribution in [3.05, 3.63) is 52.9 Å². The Morgan fingerprint density at radius 1 is 1.11 bits per heavy atom. The molecule has 94 valence electrons. The van der Waals surface area contributed by atoms with Crippen LogP contribution in [-0.2, 0) is 0 Å². The number of aryl methyl sites for hydroxylation is 1. The highest BCUT2D eigenvalue weighted by Gasteiger charge is 2.02. The molecule has 5 heteroatoms. The highest BCUT2D eigenvalue weighted by atomic mass is 32.1. The first kappa shape index (κ1) is 11.8. The molecule has 0 unspecified atom stereocenters. The third-order valence-electron chi connectivity index (χ3n) is 2.89. The number of nitrogens with zero attached hydrogens (tertiary/aromatic N) is 2. The fourth-order valence-corrected chi connectivity index (χ4v) is 2.05. The van der Waals surface area contributed by atoms with Crippen molar-refractivity contribution in [1.29, 1.82) is 0 Å². The maximum absolute atomic E-state index is 4.98. The van der Waals surface area contributed by atoms with Gasteiger partial charge >= 0.3 is 0 Å². The smallest absolute Gasteiger partial charge is 0.215 e. The molecule has 0 aliphatic carbocycles. The van der Waals surface area contributed by atoms with E-state index >= 15 is 0 Å². The van der Waals surface area contributed by atoms with Crippen LogP contribution in [0.1, 0.15) is 5.69 Å². The summed E-state index contributed by atoms with van der Waals surface area (Å²) in [5.74, 6) is 0.680. The molecule has 3 aromatic rings. The van der Waals surface area contributed by atoms with Crippen molar-refractivity contribution < 1.29 is 0 Å². The van der Waals surface area contributed by atoms with Crippen molar-refractivity contribution in [3.8, 4) is 0 Å². The van der Waals surface area contributed by atoms with E-state index in [0.717, 1.165) is 11.4 Å². The number of benzene rings is 2. The van der Waals surface area contributed by atoms with Gasteiger partial charge in [0.2, 0.25) is 4.77 Å². The molecule has 0 atom stereocenters. The Morgan fingerprint density at radius 2 is 1.89 bits per heavy atom. The summed E-state index contributed by atoms with van der Waals surface area (Å²) in [6.45, 7) is 1.88. The molecule has 0 aliphatic heterocycles. The highest BCUT2D eigenvalue weighted by molar-refractivity contribution is 7.71. The lowest BCUT2D eigenvalue weighted by molar-refractivity contribution is 0.914. The van der Waals surface area contributed by atoms with Crippen LogP contribution < -0.4 is 5.32 Å². The van der Waals surface area contributed by atoms with E-state index < -0.39 is 0 Å². The minimum Gasteiger partial charge on any atom is -0.339 e. The summed E-state index contributed by atoms with van der Waals surface area (Å²) in [4.78, 5) is 4.23. The van der Waals surface area contributed by atoms with E-state index in [0.29, 0.717) is 10.6 Å². The second-order valence-electron chi connectivity index (χ2n) is 4.26. The van der Waals surface area contributed by atoms with Gasteiger partial charge in [0.25, 0.3) is 0 Å². The maximum Gasteiger partial charge on any atom is 0.215 e. The van der Waals surface area contributed by atoms with Gasteiger partial charge in [-0.1, -0.05) is 30.3 Å². The summed E-state index contributed by atoms with van der Waals surface area (Å²) in [6, 6.07) is 14.4. The SMILES string of the molecule is Cc1n[nH]c(=S)nc1Nc1ccc2ccccc2c1. The monoisotopic (exact) mass is 268 g/mol. The molecule has 3 rings (SSSR count). The number of rotatable bonds is 2. The van der Waals surface area contributed by atoms with E-state index in [1.807, 2.05) is 25.1 Å². The van der Waals surface area contributed by atoms with Crippen LogP contribution in [0.15, 0.2) is 42.5 Å². The maximum atomic E-state index is 4.98. The van der Waals surface area contributed by atoms with Gasteiger partial charge in [0.05, 0.1) is 0 Å². The second-order valence-corrected chi connectivity index (χ2v) is 4.65. The van der Waals surface area contributed by atoms with Gasteiger partial charge in [-0.25, -0.2) is 0 Å². The molecule has 19 heavy (non-hydrogen) atoms. The average molecular weight is 268 g/mol. The van der Waals surface area contributed by atoms with Gasteiger partial charge in [0.15, 0.2) is 5.82 Å². The first-order chi connectivity index (χ1) is 9.22. The summed E-state index contributed by atoms with van der Waals surface area (Å²) in [5, 5.41) is 12.4. The van der Waals surface area contributed by atoms with Gasteiger partial charge in [-0.3, -0.25) is 5.10 Å². The minimum absolute atomic E-state index is 0.369. The number of hydrogen-bond acceptors (Lipinski definition) is 4. The Morgan fingerprint density at radius 3 is 2.74 bits per heavy atom. The lowest BCUT2D eigenvalue weighted by Gasteiger charge is -2.08. The fourth-order valence-electron chi connectivity index (χ4n) is 1.91. The third kappa shape index (κ3) is 2.46. The summed E-state index contributed by atoms with van der Waals surface area (Å²) in [5.41, 5.74) is 1.75. The molecule has 0 amide bonds. The topological polar surface area (TPSA) is 53.6 Å². The molecule has 0 fully saturated rings. The van der Waals surface area contributed by atoms with Gasteiger partial charge < -0.3 is 5.32 Å². The van der Waals surface area contributed by atoms with Crippen LogP contribution in [-0.4, -0.2) is 15.2 Å². The summed E-state index contributed by atoms with van der Waals surface area (Å²) in [7, 11) is 0. The number of fused-ring (bicyclic) bond motifs is 1. The molecular weight excluding hydrogens is 256 g/mol. The number of hydrogen-bond donors (Lipinski definition) is 2. The highest BCUT2D eigenvalue weighted by Crippen LogP contribution is 2.22. The van der Waals surface area contributed by atoms with Crippen LogP contribution in [0, 0.1) is 11.7 Å². The van der Waals surface area contributed by atoms with Gasteiger partial charge in [0.1, 0.15) is 5.69 Å². The Hall–Kier alpha value is -2.27. The van der Waals surface area contributed by atoms with E-state index in [4.69, 9.17) is 12.2 Å². The van der Waals surface area contributed by atoms with E-state index in [1.165, 1.54) is 10.8 Å². The Labute approximate surface area is 115 Å². The average Bonchev–Trinajstić information content (AvgIpc) is 2.43. The number of aromatic amines is 1. The molecule has 0 aliphatic rings. The Kier molecular flexibility index (Phi) is 2.97. The minimum atomic E-state index is 0.369. The van der Waals surface area contributed by atoms with Gasteiger partial charge in [0, 0.05) is 5.69 Å². The lowest BCUT2D eigenvalue weighted by atomic mass is 10.1. The zero-order valence-electron chi connectivity index (χ0n) is 10.3. The first-order valence-corrected chi connectivity index (χ1v) is 6.32. The zero-order valence-corrected chi connectivity index (χ0v) is 11.2. The predicted octanol–water partition coefficient (Wildman–Crippen LogP) is 3.74. The van der Waals surface area contributed by atoms with Crippen LogP contribution in [0.25, 0.3) is 10.8 Å². The number of anilines is 2. The van der Waals surface area contributed by atoms with Gasteiger partial charge in [-0.15, -0.1) is 0 Å². The fraction of sp³-hybridized carbons (Fsp3) is 0.0714. The lowest BCUT2D eigenvalue weighted by Crippen LogP contribution is -2.00. The zero-order chi connectivity index (χ0) is 13.2.